The van der Waals surface area contributed by atoms with E-state index < -0.39 is 10.5 Å². The third-order valence-corrected chi connectivity index (χ3v) is 2.93. The molecular weight excluding hydrogens is 311 g/mol. The minimum absolute atomic E-state index is 0.111. The summed E-state index contributed by atoms with van der Waals surface area (Å²) in [6.45, 7) is 0. The summed E-state index contributed by atoms with van der Waals surface area (Å²) in [5.74, 6) is 3.00. The molecule has 5 heteroatoms. The number of halogens is 2. The first-order valence-electron chi connectivity index (χ1n) is 5.84. The molecule has 0 spiro atoms. The van der Waals surface area contributed by atoms with Crippen molar-refractivity contribution in [2.24, 2.45) is 0 Å². The summed E-state index contributed by atoms with van der Waals surface area (Å²) >= 11 is 10.8. The molecule has 0 fully saturated rings. The number of carbonyl (C=O) groups excluding carboxylic acids is 2. The molecule has 3 nitrogen and oxygen atoms in total. The molecule has 0 atom stereocenters. The van der Waals surface area contributed by atoms with Crippen molar-refractivity contribution in [1.29, 1.82) is 0 Å². The fourth-order valence-corrected chi connectivity index (χ4v) is 1.77. The normalized spacial score (nSPS) is 9.43. The highest BCUT2D eigenvalue weighted by Gasteiger charge is 2.10. The highest BCUT2D eigenvalue weighted by atomic mass is 35.5. The van der Waals surface area contributed by atoms with Gasteiger partial charge in [-0.3, -0.25) is 9.59 Å². The van der Waals surface area contributed by atoms with E-state index in [0.717, 1.165) is 5.56 Å². The number of rotatable bonds is 3. The first-order chi connectivity index (χ1) is 10.1. The average Bonchev–Trinajstić information content (AvgIpc) is 2.48. The van der Waals surface area contributed by atoms with Gasteiger partial charge in [0, 0.05) is 16.7 Å². The second kappa shape index (κ2) is 6.94. The molecule has 2 aromatic rings. The quantitative estimate of drug-likeness (QED) is 0.638. The van der Waals surface area contributed by atoms with Crippen LogP contribution in [0.3, 0.4) is 0 Å². The molecular formula is C16H8Cl2O3. The van der Waals surface area contributed by atoms with Crippen LogP contribution in [0.25, 0.3) is 0 Å². The molecule has 21 heavy (non-hydrogen) atoms. The SMILES string of the molecule is O=C(Cl)c1cc(OC#Cc2ccccc2)cc(C(=O)Cl)c1. The lowest BCUT2D eigenvalue weighted by Gasteiger charge is -2.02. The molecule has 0 radical (unpaired) electrons. The molecule has 0 aliphatic heterocycles. The van der Waals surface area contributed by atoms with E-state index in [0.29, 0.717) is 0 Å². The van der Waals surface area contributed by atoms with Crippen LogP contribution < -0.4 is 4.74 Å². The lowest BCUT2D eigenvalue weighted by atomic mass is 10.1. The van der Waals surface area contributed by atoms with Crippen LogP contribution in [0.2, 0.25) is 0 Å². The summed E-state index contributed by atoms with van der Waals surface area (Å²) < 4.78 is 5.21. The Labute approximate surface area is 131 Å². The van der Waals surface area contributed by atoms with E-state index in [9.17, 15) is 9.59 Å². The number of benzene rings is 2. The third-order valence-electron chi connectivity index (χ3n) is 2.50. The lowest BCUT2D eigenvalue weighted by Crippen LogP contribution is -1.97. The fourth-order valence-electron chi connectivity index (χ4n) is 1.55. The van der Waals surface area contributed by atoms with E-state index in [1.807, 2.05) is 30.3 Å². The van der Waals surface area contributed by atoms with Gasteiger partial charge in [-0.1, -0.05) is 18.2 Å². The number of ether oxygens (including phenoxy) is 1. The maximum atomic E-state index is 11.2. The van der Waals surface area contributed by atoms with Crippen molar-refractivity contribution in [1.82, 2.24) is 0 Å². The van der Waals surface area contributed by atoms with Crippen molar-refractivity contribution in [2.45, 2.75) is 0 Å². The molecule has 0 heterocycles. The van der Waals surface area contributed by atoms with Crippen molar-refractivity contribution in [3.05, 3.63) is 65.2 Å². The van der Waals surface area contributed by atoms with Gasteiger partial charge in [-0.05, 0) is 59.5 Å². The van der Waals surface area contributed by atoms with Crippen LogP contribution >= 0.6 is 23.2 Å². The van der Waals surface area contributed by atoms with Gasteiger partial charge < -0.3 is 4.74 Å². The topological polar surface area (TPSA) is 43.4 Å². The van der Waals surface area contributed by atoms with Crippen LogP contribution in [0.1, 0.15) is 26.3 Å². The van der Waals surface area contributed by atoms with E-state index >= 15 is 0 Å². The largest absolute Gasteiger partial charge is 0.407 e. The molecule has 0 bridgehead atoms. The minimum atomic E-state index is -0.712. The molecule has 0 saturated heterocycles. The average molecular weight is 319 g/mol. The standard InChI is InChI=1S/C16H8Cl2O3/c17-15(19)12-8-13(16(18)20)10-14(9-12)21-7-6-11-4-2-1-3-5-11/h1-5,8-10H. The van der Waals surface area contributed by atoms with Crippen molar-refractivity contribution in [3.8, 4) is 17.8 Å². The van der Waals surface area contributed by atoms with E-state index in [4.69, 9.17) is 27.9 Å². The third kappa shape index (κ3) is 4.35. The smallest absolute Gasteiger partial charge is 0.252 e. The highest BCUT2D eigenvalue weighted by Crippen LogP contribution is 2.20. The Balaban J connectivity index is 2.26. The van der Waals surface area contributed by atoms with E-state index in [2.05, 4.69) is 12.0 Å². The van der Waals surface area contributed by atoms with Crippen LogP contribution in [-0.2, 0) is 0 Å². The molecule has 0 aliphatic carbocycles. The second-order valence-electron chi connectivity index (χ2n) is 3.99. The summed E-state index contributed by atoms with van der Waals surface area (Å²) in [7, 11) is 0. The van der Waals surface area contributed by atoms with E-state index in [1.54, 1.807) is 0 Å². The Hall–Kier alpha value is -2.28. The summed E-state index contributed by atoms with van der Waals surface area (Å²) in [5, 5.41) is -1.42. The van der Waals surface area contributed by atoms with Crippen LogP contribution in [0.5, 0.6) is 5.75 Å². The van der Waals surface area contributed by atoms with Crippen molar-refractivity contribution in [2.75, 3.05) is 0 Å². The van der Waals surface area contributed by atoms with Gasteiger partial charge in [0.05, 0.1) is 0 Å². The molecule has 0 unspecified atom stereocenters. The lowest BCUT2D eigenvalue weighted by molar-refractivity contribution is 0.108. The first kappa shape index (κ1) is 15.1. The zero-order chi connectivity index (χ0) is 15.2. The van der Waals surface area contributed by atoms with Gasteiger partial charge in [0.25, 0.3) is 10.5 Å². The zero-order valence-corrected chi connectivity index (χ0v) is 12.1. The number of carbonyl (C=O) groups is 2. The fraction of sp³-hybridized carbons (Fsp3) is 0. The van der Waals surface area contributed by atoms with E-state index in [1.165, 1.54) is 18.2 Å². The van der Waals surface area contributed by atoms with Gasteiger partial charge in [-0.15, -0.1) is 0 Å². The minimum Gasteiger partial charge on any atom is -0.407 e. The van der Waals surface area contributed by atoms with Gasteiger partial charge in [0.2, 0.25) is 0 Å². The van der Waals surface area contributed by atoms with Crippen LogP contribution in [-0.4, -0.2) is 10.5 Å². The Morgan fingerprint density at radius 3 is 2.00 bits per heavy atom. The number of hydrogen-bond acceptors (Lipinski definition) is 3. The van der Waals surface area contributed by atoms with Crippen molar-refractivity contribution >= 4 is 33.7 Å². The van der Waals surface area contributed by atoms with Crippen LogP contribution in [0.15, 0.2) is 48.5 Å². The highest BCUT2D eigenvalue weighted by molar-refractivity contribution is 6.69. The zero-order valence-electron chi connectivity index (χ0n) is 10.6. The second-order valence-corrected chi connectivity index (χ2v) is 4.68. The molecule has 0 aliphatic rings. The maximum absolute atomic E-state index is 11.2. The summed E-state index contributed by atoms with van der Waals surface area (Å²) in [4.78, 5) is 22.4. The Morgan fingerprint density at radius 1 is 0.905 bits per heavy atom. The first-order valence-corrected chi connectivity index (χ1v) is 6.59. The Morgan fingerprint density at radius 2 is 1.48 bits per heavy atom. The summed E-state index contributed by atoms with van der Waals surface area (Å²) in [5.41, 5.74) is 0.995. The van der Waals surface area contributed by atoms with Crippen LogP contribution in [0, 0.1) is 12.0 Å². The monoisotopic (exact) mass is 318 g/mol. The van der Waals surface area contributed by atoms with Gasteiger partial charge in [-0.25, -0.2) is 0 Å². The number of hydrogen-bond donors (Lipinski definition) is 0. The maximum Gasteiger partial charge on any atom is 0.252 e. The molecule has 0 N–H and O–H groups in total. The molecule has 2 aromatic carbocycles. The molecule has 0 amide bonds. The van der Waals surface area contributed by atoms with Gasteiger partial charge in [-0.2, -0.15) is 0 Å². The van der Waals surface area contributed by atoms with Crippen molar-refractivity contribution < 1.29 is 14.3 Å². The van der Waals surface area contributed by atoms with Gasteiger partial charge in [0.15, 0.2) is 0 Å². The predicted octanol–water partition coefficient (Wildman–Crippen LogP) is 3.83. The van der Waals surface area contributed by atoms with E-state index in [-0.39, 0.29) is 16.9 Å². The van der Waals surface area contributed by atoms with Crippen molar-refractivity contribution in [3.63, 3.8) is 0 Å². The predicted molar refractivity (Wildman–Crippen MR) is 80.8 cm³/mol. The molecule has 0 saturated carbocycles. The molecule has 0 aromatic heterocycles. The summed E-state index contributed by atoms with van der Waals surface area (Å²) in [6, 6.07) is 13.3. The molecule has 2 rings (SSSR count). The Bertz CT molecular complexity index is 711. The van der Waals surface area contributed by atoms with Crippen LogP contribution in [0.4, 0.5) is 0 Å². The summed E-state index contributed by atoms with van der Waals surface area (Å²) in [6.07, 6.45) is 2.49. The Kier molecular flexibility index (Phi) is 4.99. The van der Waals surface area contributed by atoms with Gasteiger partial charge in [0.1, 0.15) is 11.9 Å². The van der Waals surface area contributed by atoms with Gasteiger partial charge >= 0.3 is 0 Å². The molecule has 104 valence electrons.